The summed E-state index contributed by atoms with van der Waals surface area (Å²) >= 11 is 3.24. The average molecular weight is 261 g/mol. The van der Waals surface area contributed by atoms with E-state index in [1.807, 2.05) is 0 Å². The van der Waals surface area contributed by atoms with Crippen molar-refractivity contribution < 1.29 is 13.9 Å². The van der Waals surface area contributed by atoms with Crippen LogP contribution in [-0.2, 0) is 11.2 Å². The summed E-state index contributed by atoms with van der Waals surface area (Å²) in [6.45, 7) is 0.591. The van der Waals surface area contributed by atoms with Gasteiger partial charge in [-0.15, -0.1) is 0 Å². The molecule has 4 heteroatoms. The molecule has 1 rings (SSSR count). The normalized spacial score (nSPS) is 9.93. The highest BCUT2D eigenvalue weighted by molar-refractivity contribution is 9.10. The van der Waals surface area contributed by atoms with Crippen molar-refractivity contribution in [3.63, 3.8) is 0 Å². The monoisotopic (exact) mass is 260 g/mol. The number of carbonyl (C=O) groups is 1. The van der Waals surface area contributed by atoms with Crippen LogP contribution in [0.1, 0.15) is 12.5 Å². The molecular weight excluding hydrogens is 251 g/mol. The number of hydrogen-bond donors (Lipinski definition) is 0. The largest absolute Gasteiger partial charge is 0.461 e. The molecule has 0 bridgehead atoms. The van der Waals surface area contributed by atoms with Gasteiger partial charge in [0.2, 0.25) is 6.86 Å². The highest BCUT2D eigenvalue weighted by Gasteiger charge is 2.09. The van der Waals surface area contributed by atoms with Gasteiger partial charge in [0.15, 0.2) is 0 Å². The van der Waals surface area contributed by atoms with Gasteiger partial charge in [0.05, 0.1) is 4.47 Å². The Kier molecular flexibility index (Phi) is 4.07. The van der Waals surface area contributed by atoms with E-state index in [0.717, 1.165) is 0 Å². The van der Waals surface area contributed by atoms with E-state index in [1.54, 1.807) is 18.2 Å². The van der Waals surface area contributed by atoms with Crippen LogP contribution in [-0.4, -0.2) is 12.6 Å². The van der Waals surface area contributed by atoms with E-state index in [2.05, 4.69) is 15.9 Å². The predicted octanol–water partition coefficient (Wildman–Crippen LogP) is 2.89. The predicted molar refractivity (Wildman–Crippen MR) is 55.1 cm³/mol. The van der Waals surface area contributed by atoms with Gasteiger partial charge < -0.3 is 4.74 Å². The van der Waals surface area contributed by atoms with Crippen LogP contribution in [0.5, 0.6) is 5.75 Å². The van der Waals surface area contributed by atoms with E-state index in [4.69, 9.17) is 4.74 Å². The molecule has 0 saturated heterocycles. The third kappa shape index (κ3) is 2.80. The molecular formula is C10H10BrFO2. The van der Waals surface area contributed by atoms with Gasteiger partial charge in [0.1, 0.15) is 11.5 Å². The Balaban J connectivity index is 3.01. The Labute approximate surface area is 90.2 Å². The van der Waals surface area contributed by atoms with Crippen LogP contribution < -0.4 is 4.74 Å². The van der Waals surface area contributed by atoms with E-state index in [1.165, 1.54) is 6.92 Å². The van der Waals surface area contributed by atoms with Crippen molar-refractivity contribution in [1.29, 1.82) is 0 Å². The van der Waals surface area contributed by atoms with Crippen molar-refractivity contribution >= 4 is 21.7 Å². The molecule has 0 aliphatic rings. The molecule has 1 aromatic rings. The molecule has 0 saturated carbocycles. The van der Waals surface area contributed by atoms with Crippen molar-refractivity contribution in [3.8, 4) is 5.75 Å². The Bertz CT molecular complexity index is 339. The molecule has 1 aromatic carbocycles. The van der Waals surface area contributed by atoms with Crippen LogP contribution in [0.15, 0.2) is 22.7 Å². The van der Waals surface area contributed by atoms with E-state index in [9.17, 15) is 9.18 Å². The van der Waals surface area contributed by atoms with E-state index in [0.29, 0.717) is 15.8 Å². The van der Waals surface area contributed by atoms with Gasteiger partial charge in [-0.1, -0.05) is 12.1 Å². The number of rotatable bonds is 4. The fourth-order valence-electron chi connectivity index (χ4n) is 1.18. The van der Waals surface area contributed by atoms with Crippen molar-refractivity contribution in [2.45, 2.75) is 13.3 Å². The smallest absolute Gasteiger partial charge is 0.228 e. The van der Waals surface area contributed by atoms with Crippen molar-refractivity contribution in [3.05, 3.63) is 28.2 Å². The highest BCUT2D eigenvalue weighted by atomic mass is 79.9. The third-order valence-electron chi connectivity index (χ3n) is 1.69. The summed E-state index contributed by atoms with van der Waals surface area (Å²) in [5.41, 5.74) is 0.699. The lowest BCUT2D eigenvalue weighted by Crippen LogP contribution is -2.01. The molecule has 76 valence electrons. The molecule has 0 N–H and O–H groups in total. The number of Topliss-reactive ketones (excluding diaryl/α,β-unsaturated/α-hetero) is 1. The minimum Gasteiger partial charge on any atom is -0.461 e. The lowest BCUT2D eigenvalue weighted by molar-refractivity contribution is -0.116. The molecule has 0 aromatic heterocycles. The molecule has 0 unspecified atom stereocenters. The van der Waals surface area contributed by atoms with Crippen LogP contribution in [0.4, 0.5) is 4.39 Å². The quantitative estimate of drug-likeness (QED) is 0.833. The number of alkyl halides is 1. The standard InChI is InChI=1S/C10H10BrFO2/c1-7(13)5-8-3-2-4-9(11)10(8)14-6-12/h2-4H,5-6H2,1H3. The summed E-state index contributed by atoms with van der Waals surface area (Å²) < 4.78 is 17.5. The van der Waals surface area contributed by atoms with Crippen LogP contribution >= 0.6 is 15.9 Å². The Hall–Kier alpha value is -0.900. The number of ketones is 1. The van der Waals surface area contributed by atoms with E-state index >= 15 is 0 Å². The number of hydrogen-bond acceptors (Lipinski definition) is 2. The topological polar surface area (TPSA) is 26.3 Å². The molecule has 14 heavy (non-hydrogen) atoms. The Morgan fingerprint density at radius 1 is 1.57 bits per heavy atom. The first-order valence-corrected chi connectivity index (χ1v) is 4.90. The van der Waals surface area contributed by atoms with Gasteiger partial charge in [-0.05, 0) is 28.9 Å². The van der Waals surface area contributed by atoms with Crippen LogP contribution in [0.25, 0.3) is 0 Å². The van der Waals surface area contributed by atoms with Crippen molar-refractivity contribution in [2.75, 3.05) is 6.86 Å². The van der Waals surface area contributed by atoms with Gasteiger partial charge >= 0.3 is 0 Å². The molecule has 0 radical (unpaired) electrons. The van der Waals surface area contributed by atoms with Gasteiger partial charge in [-0.2, -0.15) is 0 Å². The number of benzene rings is 1. The Morgan fingerprint density at radius 2 is 2.29 bits per heavy atom. The zero-order chi connectivity index (χ0) is 10.6. The zero-order valence-corrected chi connectivity index (χ0v) is 9.30. The fraction of sp³-hybridized carbons (Fsp3) is 0.300. The summed E-state index contributed by atoms with van der Waals surface area (Å²) in [4.78, 5) is 10.9. The second-order valence-corrected chi connectivity index (χ2v) is 3.71. The maximum Gasteiger partial charge on any atom is 0.228 e. The average Bonchev–Trinajstić information content (AvgIpc) is 2.10. The van der Waals surface area contributed by atoms with E-state index < -0.39 is 6.86 Å². The summed E-state index contributed by atoms with van der Waals surface area (Å²) in [6.07, 6.45) is 0.259. The molecule has 2 nitrogen and oxygen atoms in total. The SMILES string of the molecule is CC(=O)Cc1cccc(Br)c1OCF. The summed E-state index contributed by atoms with van der Waals surface area (Å²) in [5, 5.41) is 0. The number of carbonyl (C=O) groups excluding carboxylic acids is 1. The minimum atomic E-state index is -0.895. The maximum absolute atomic E-state index is 12.0. The molecule has 0 aliphatic heterocycles. The first kappa shape index (κ1) is 11.2. The summed E-state index contributed by atoms with van der Waals surface area (Å²) in [7, 11) is 0. The first-order valence-electron chi connectivity index (χ1n) is 4.10. The second-order valence-electron chi connectivity index (χ2n) is 2.86. The highest BCUT2D eigenvalue weighted by Crippen LogP contribution is 2.29. The third-order valence-corrected chi connectivity index (χ3v) is 2.31. The molecule has 0 heterocycles. The molecule has 0 spiro atoms. The van der Waals surface area contributed by atoms with Gasteiger partial charge in [-0.3, -0.25) is 4.79 Å². The van der Waals surface area contributed by atoms with Crippen LogP contribution in [0, 0.1) is 0 Å². The minimum absolute atomic E-state index is 0.0202. The number of ether oxygens (including phenoxy) is 1. The van der Waals surface area contributed by atoms with Crippen molar-refractivity contribution in [2.24, 2.45) is 0 Å². The van der Waals surface area contributed by atoms with Gasteiger partial charge in [0, 0.05) is 12.0 Å². The molecule has 0 atom stereocenters. The van der Waals surface area contributed by atoms with Crippen LogP contribution in [0.3, 0.4) is 0 Å². The molecule has 0 aliphatic carbocycles. The summed E-state index contributed by atoms with van der Waals surface area (Å²) in [6, 6.07) is 5.28. The lowest BCUT2D eigenvalue weighted by atomic mass is 10.1. The lowest BCUT2D eigenvalue weighted by Gasteiger charge is -2.09. The maximum atomic E-state index is 12.0. The number of halogens is 2. The Morgan fingerprint density at radius 3 is 2.86 bits per heavy atom. The first-order chi connectivity index (χ1) is 6.65. The van der Waals surface area contributed by atoms with Crippen molar-refractivity contribution in [1.82, 2.24) is 0 Å². The van der Waals surface area contributed by atoms with Gasteiger partial charge in [-0.25, -0.2) is 4.39 Å². The summed E-state index contributed by atoms with van der Waals surface area (Å²) in [5.74, 6) is 0.428. The van der Waals surface area contributed by atoms with Crippen LogP contribution in [0.2, 0.25) is 0 Å². The molecule has 0 fully saturated rings. The number of para-hydroxylation sites is 1. The second kappa shape index (κ2) is 5.10. The molecule has 0 amide bonds. The van der Waals surface area contributed by atoms with E-state index in [-0.39, 0.29) is 12.2 Å². The van der Waals surface area contributed by atoms with Gasteiger partial charge in [0.25, 0.3) is 0 Å². The zero-order valence-electron chi connectivity index (χ0n) is 7.72. The fourth-order valence-corrected chi connectivity index (χ4v) is 1.70.